The lowest BCUT2D eigenvalue weighted by atomic mass is 10.1. The van der Waals surface area contributed by atoms with E-state index in [1.807, 2.05) is 4.90 Å². The highest BCUT2D eigenvalue weighted by molar-refractivity contribution is 5.67. The number of carbonyl (C=O) groups excluding carboxylic acids is 1. The van der Waals surface area contributed by atoms with Gasteiger partial charge in [-0.1, -0.05) is 279 Å². The van der Waals surface area contributed by atoms with Crippen LogP contribution in [0.4, 0.5) is 4.79 Å². The van der Waals surface area contributed by atoms with Crippen LogP contribution in [0.3, 0.4) is 0 Å². The van der Waals surface area contributed by atoms with Gasteiger partial charge in [0.1, 0.15) is 6.61 Å². The van der Waals surface area contributed by atoms with Crippen molar-refractivity contribution in [3.05, 3.63) is 97.2 Å². The van der Waals surface area contributed by atoms with Gasteiger partial charge in [-0.05, 0) is 188 Å². The first-order valence-electron chi connectivity index (χ1n) is 37.6. The smallest absolute Gasteiger partial charge is 0.409 e. The first-order chi connectivity index (χ1) is 42.4. The molecule has 0 aromatic heterocycles. The second kappa shape index (κ2) is 78.2. The Morgan fingerprint density at radius 3 is 0.826 bits per heavy atom. The fraction of sp³-hybridized carbons (Fsp3) is 0.787. The molecule has 0 saturated carbocycles. The van der Waals surface area contributed by atoms with Gasteiger partial charge in [0.2, 0.25) is 0 Å². The molecule has 0 unspecified atom stereocenters. The molecule has 0 saturated heterocycles. The van der Waals surface area contributed by atoms with Gasteiger partial charge in [-0.3, -0.25) is 0 Å². The van der Waals surface area contributed by atoms with Crippen molar-refractivity contribution in [1.29, 1.82) is 0 Å². The van der Waals surface area contributed by atoms with Crippen LogP contribution < -0.4 is 5.32 Å². The van der Waals surface area contributed by atoms with E-state index in [2.05, 4.69) is 161 Å². The Kier molecular flexibility index (Phi) is 77.4. The Balaban J connectivity index is 0. The van der Waals surface area contributed by atoms with Crippen molar-refractivity contribution in [3.8, 4) is 0 Å². The molecule has 0 bridgehead atoms. The third-order valence-corrected chi connectivity index (χ3v) is 16.3. The van der Waals surface area contributed by atoms with Crippen LogP contribution in [-0.4, -0.2) is 94.4 Å². The molecular formula is C80H150N4O2. The number of amides is 1. The van der Waals surface area contributed by atoms with Gasteiger partial charge in [-0.15, -0.1) is 0 Å². The van der Waals surface area contributed by atoms with E-state index in [1.165, 1.54) is 283 Å². The quantitative estimate of drug-likeness (QED) is 0.0486. The minimum absolute atomic E-state index is 0.119. The molecule has 0 heterocycles. The molecule has 0 rings (SSSR count). The summed E-state index contributed by atoms with van der Waals surface area (Å²) in [6.07, 6.45) is 99.2. The summed E-state index contributed by atoms with van der Waals surface area (Å²) < 4.78 is 5.75. The van der Waals surface area contributed by atoms with Gasteiger partial charge in [0.25, 0.3) is 0 Å². The maximum atomic E-state index is 13.0. The molecule has 0 spiro atoms. The Hall–Kier alpha value is -2.93. The highest BCUT2D eigenvalue weighted by atomic mass is 16.6. The van der Waals surface area contributed by atoms with Gasteiger partial charge < -0.3 is 24.8 Å². The number of allylic oxidation sites excluding steroid dienone is 16. The zero-order valence-electron chi connectivity index (χ0n) is 59.0. The van der Waals surface area contributed by atoms with Gasteiger partial charge in [-0.2, -0.15) is 0 Å². The average Bonchev–Trinajstić information content (AvgIpc) is 3.63. The van der Waals surface area contributed by atoms with E-state index in [0.29, 0.717) is 6.61 Å². The molecule has 0 aromatic rings. The fourth-order valence-electron chi connectivity index (χ4n) is 10.3. The lowest BCUT2D eigenvalue weighted by Crippen LogP contribution is -2.36. The highest BCUT2D eigenvalue weighted by Gasteiger charge is 2.15. The van der Waals surface area contributed by atoms with Crippen LogP contribution in [0, 0.1) is 0 Å². The van der Waals surface area contributed by atoms with Crippen molar-refractivity contribution < 1.29 is 9.53 Å². The Morgan fingerprint density at radius 1 is 0.291 bits per heavy atom. The SMILES string of the molecule is CCCCC/C=C\C/C=C\CCCCCCCCN(CCCCCCCC/C=C\C/C=C\CCCCC)C(=O)OCCN(C)CCN(C)C.CCCCC/C=C\C/C=C\CCCCCCCCNCCCCCCCC/C=C\C/C=C\CCCCC. The normalized spacial score (nSPS) is 12.3. The van der Waals surface area contributed by atoms with Gasteiger partial charge in [-0.25, -0.2) is 4.79 Å². The third kappa shape index (κ3) is 77.2. The molecule has 502 valence electrons. The molecule has 0 aliphatic heterocycles. The molecule has 6 nitrogen and oxygen atoms in total. The minimum atomic E-state index is -0.119. The molecule has 0 atom stereocenters. The first-order valence-corrected chi connectivity index (χ1v) is 37.6. The van der Waals surface area contributed by atoms with E-state index < -0.39 is 0 Å². The molecule has 0 fully saturated rings. The molecule has 1 N–H and O–H groups in total. The van der Waals surface area contributed by atoms with Crippen molar-refractivity contribution in [2.75, 3.05) is 73.6 Å². The zero-order chi connectivity index (χ0) is 62.6. The summed E-state index contributed by atoms with van der Waals surface area (Å²) in [5, 5.41) is 3.66. The summed E-state index contributed by atoms with van der Waals surface area (Å²) >= 11 is 0. The summed E-state index contributed by atoms with van der Waals surface area (Å²) in [5.74, 6) is 0. The van der Waals surface area contributed by atoms with Gasteiger partial charge in [0.15, 0.2) is 0 Å². The van der Waals surface area contributed by atoms with Crippen LogP contribution in [0.25, 0.3) is 0 Å². The number of unbranched alkanes of at least 4 members (excludes halogenated alkanes) is 36. The average molecular weight is 1200 g/mol. The third-order valence-electron chi connectivity index (χ3n) is 16.3. The van der Waals surface area contributed by atoms with Crippen molar-refractivity contribution in [3.63, 3.8) is 0 Å². The molecule has 0 aliphatic rings. The minimum Gasteiger partial charge on any atom is -0.448 e. The van der Waals surface area contributed by atoms with E-state index in [0.717, 1.165) is 71.2 Å². The molecule has 0 aliphatic carbocycles. The maximum Gasteiger partial charge on any atom is 0.409 e. The monoisotopic (exact) mass is 1200 g/mol. The summed E-state index contributed by atoms with van der Waals surface area (Å²) in [5.41, 5.74) is 0. The van der Waals surface area contributed by atoms with Crippen LogP contribution in [0.5, 0.6) is 0 Å². The number of carbonyl (C=O) groups is 1. The second-order valence-electron chi connectivity index (χ2n) is 25.3. The number of hydrogen-bond donors (Lipinski definition) is 1. The van der Waals surface area contributed by atoms with Crippen molar-refractivity contribution >= 4 is 6.09 Å². The molecule has 6 heteroatoms. The van der Waals surface area contributed by atoms with Crippen LogP contribution in [0.1, 0.15) is 336 Å². The summed E-state index contributed by atoms with van der Waals surface area (Å²) in [4.78, 5) is 19.4. The van der Waals surface area contributed by atoms with E-state index >= 15 is 0 Å². The summed E-state index contributed by atoms with van der Waals surface area (Å²) in [7, 11) is 6.28. The Morgan fingerprint density at radius 2 is 0.547 bits per heavy atom. The number of nitrogens with zero attached hydrogens (tertiary/aromatic N) is 3. The van der Waals surface area contributed by atoms with Crippen LogP contribution in [0.2, 0.25) is 0 Å². The number of hydrogen-bond acceptors (Lipinski definition) is 5. The Bertz CT molecular complexity index is 1450. The van der Waals surface area contributed by atoms with Crippen molar-refractivity contribution in [1.82, 2.24) is 20.0 Å². The largest absolute Gasteiger partial charge is 0.448 e. The van der Waals surface area contributed by atoms with Crippen LogP contribution in [-0.2, 0) is 4.74 Å². The molecule has 0 radical (unpaired) electrons. The first kappa shape index (κ1) is 85.1. The zero-order valence-corrected chi connectivity index (χ0v) is 59.0. The standard InChI is InChI=1S/C44H83N3O2.C36H67N/c1-6-8-10-12-14-16-18-20-22-24-26-28-30-32-34-36-38-47(44(48)49-43-42-46(5)41-40-45(3)4)39-37-35-33-31-29-27-25-23-21-19-17-15-13-11-9-7-2;1-3-5-7-9-11-13-15-17-19-21-23-25-27-29-31-33-35-37-36-34-32-30-28-26-24-22-20-18-16-14-12-10-8-6-4-2/h14-17,20-23H,6-13,18-19,24-43H2,1-5H3;11-14,17-20,37H,3-10,15-16,21-36H2,1-2H3/b16-14-,17-15-,22-20-,23-21-;13-11-,14-12-,19-17-,20-18-. The number of likely N-dealkylation sites (N-methyl/N-ethyl adjacent to an activating group) is 2. The molecule has 1 amide bonds. The van der Waals surface area contributed by atoms with E-state index in [-0.39, 0.29) is 6.09 Å². The van der Waals surface area contributed by atoms with Crippen molar-refractivity contribution in [2.45, 2.75) is 336 Å². The summed E-state index contributed by atoms with van der Waals surface area (Å²) in [6.45, 7) is 16.4. The van der Waals surface area contributed by atoms with Gasteiger partial charge in [0.05, 0.1) is 0 Å². The predicted molar refractivity (Wildman–Crippen MR) is 389 cm³/mol. The van der Waals surface area contributed by atoms with E-state index in [9.17, 15) is 4.79 Å². The number of nitrogens with one attached hydrogen (secondary N) is 1. The Labute approximate surface area is 539 Å². The van der Waals surface area contributed by atoms with Crippen LogP contribution >= 0.6 is 0 Å². The number of ether oxygens (including phenoxy) is 1. The van der Waals surface area contributed by atoms with E-state index in [1.54, 1.807) is 0 Å². The van der Waals surface area contributed by atoms with Crippen molar-refractivity contribution in [2.24, 2.45) is 0 Å². The molecular weight excluding hydrogens is 1050 g/mol. The van der Waals surface area contributed by atoms with Crippen LogP contribution in [0.15, 0.2) is 97.2 Å². The van der Waals surface area contributed by atoms with Gasteiger partial charge >= 0.3 is 6.09 Å². The molecule has 86 heavy (non-hydrogen) atoms. The highest BCUT2D eigenvalue weighted by Crippen LogP contribution is 2.14. The fourth-order valence-corrected chi connectivity index (χ4v) is 10.3. The van der Waals surface area contributed by atoms with Gasteiger partial charge in [0, 0.05) is 32.7 Å². The second-order valence-corrected chi connectivity index (χ2v) is 25.3. The summed E-state index contributed by atoms with van der Waals surface area (Å²) in [6, 6.07) is 0. The molecule has 0 aromatic carbocycles. The lowest BCUT2D eigenvalue weighted by Gasteiger charge is -2.24. The topological polar surface area (TPSA) is 48.1 Å². The lowest BCUT2D eigenvalue weighted by molar-refractivity contribution is 0.0914. The predicted octanol–water partition coefficient (Wildman–Crippen LogP) is 24.7. The number of rotatable bonds is 66. The maximum absolute atomic E-state index is 13.0. The van der Waals surface area contributed by atoms with E-state index in [4.69, 9.17) is 4.74 Å².